The van der Waals surface area contributed by atoms with E-state index in [1.54, 1.807) is 25.1 Å². The van der Waals surface area contributed by atoms with E-state index in [0.29, 0.717) is 27.0 Å². The van der Waals surface area contributed by atoms with Gasteiger partial charge in [0.05, 0.1) is 22.4 Å². The maximum atomic E-state index is 13.8. The van der Waals surface area contributed by atoms with Gasteiger partial charge in [0.2, 0.25) is 5.78 Å². The number of benzene rings is 2. The number of rotatable bonds is 5. The minimum atomic E-state index is -0.886. The molecule has 1 N–H and O–H groups in total. The van der Waals surface area contributed by atoms with Gasteiger partial charge in [-0.15, -0.1) is 11.3 Å². The van der Waals surface area contributed by atoms with Gasteiger partial charge in [-0.3, -0.25) is 14.5 Å². The minimum absolute atomic E-state index is 0.00966. The zero-order valence-electron chi connectivity index (χ0n) is 18.0. The number of carbonyl (C=O) groups is 2. The Bertz CT molecular complexity index is 1390. The fraction of sp³-hybridized carbons (Fsp3) is 0.115. The van der Waals surface area contributed by atoms with Gasteiger partial charge >= 0.3 is 0 Å². The fourth-order valence-electron chi connectivity index (χ4n) is 4.07. The highest BCUT2D eigenvalue weighted by Gasteiger charge is 2.47. The Morgan fingerprint density at radius 1 is 1.03 bits per heavy atom. The third-order valence-corrected chi connectivity index (χ3v) is 6.87. The summed E-state index contributed by atoms with van der Waals surface area (Å²) >= 11 is 1.24. The van der Waals surface area contributed by atoms with Gasteiger partial charge in [0.25, 0.3) is 5.91 Å². The van der Waals surface area contributed by atoms with Crippen molar-refractivity contribution in [3.05, 3.63) is 106 Å². The Hall–Kier alpha value is -3.97. The normalized spacial score (nSPS) is 16.0. The largest absolute Gasteiger partial charge is 0.503 e. The monoisotopic (exact) mass is 456 g/mol. The zero-order valence-corrected chi connectivity index (χ0v) is 18.8. The summed E-state index contributed by atoms with van der Waals surface area (Å²) < 4.78 is 5.62. The van der Waals surface area contributed by atoms with E-state index in [-0.39, 0.29) is 5.57 Å². The van der Waals surface area contributed by atoms with E-state index in [4.69, 9.17) is 4.42 Å². The summed E-state index contributed by atoms with van der Waals surface area (Å²) in [5, 5.41) is 11.6. The van der Waals surface area contributed by atoms with Gasteiger partial charge in [-0.2, -0.15) is 0 Å². The van der Waals surface area contributed by atoms with Crippen molar-refractivity contribution in [1.82, 2.24) is 4.98 Å². The molecule has 164 valence electrons. The number of hydrogen-bond donors (Lipinski definition) is 1. The van der Waals surface area contributed by atoms with E-state index in [9.17, 15) is 14.7 Å². The van der Waals surface area contributed by atoms with E-state index in [1.165, 1.54) is 22.5 Å². The molecule has 1 aliphatic rings. The van der Waals surface area contributed by atoms with Gasteiger partial charge in [0.15, 0.2) is 5.76 Å². The van der Waals surface area contributed by atoms with Crippen molar-refractivity contribution in [2.24, 2.45) is 0 Å². The topological polar surface area (TPSA) is 83.6 Å². The second-order valence-electron chi connectivity index (χ2n) is 7.77. The Morgan fingerprint density at radius 2 is 1.76 bits per heavy atom. The summed E-state index contributed by atoms with van der Waals surface area (Å²) in [5.74, 6) is -1.25. The van der Waals surface area contributed by atoms with Crippen LogP contribution < -0.4 is 4.90 Å². The Kier molecular flexibility index (Phi) is 5.18. The average molecular weight is 457 g/mol. The molecule has 33 heavy (non-hydrogen) atoms. The van der Waals surface area contributed by atoms with Gasteiger partial charge in [-0.1, -0.05) is 48.5 Å². The first-order chi connectivity index (χ1) is 16.0. The summed E-state index contributed by atoms with van der Waals surface area (Å²) in [7, 11) is 0. The molecule has 0 fully saturated rings. The molecule has 2 aromatic heterocycles. The lowest BCUT2D eigenvalue weighted by molar-refractivity contribution is -0.117. The van der Waals surface area contributed by atoms with Crippen LogP contribution in [-0.4, -0.2) is 21.8 Å². The first-order valence-corrected chi connectivity index (χ1v) is 11.2. The molecule has 0 spiro atoms. The smallest absolute Gasteiger partial charge is 0.294 e. The number of thiazole rings is 1. The van der Waals surface area contributed by atoms with Crippen LogP contribution in [0.15, 0.2) is 88.7 Å². The van der Waals surface area contributed by atoms with Gasteiger partial charge in [-0.25, -0.2) is 4.98 Å². The number of aromatic nitrogens is 1. The number of ketones is 1. The number of carbonyl (C=O) groups excluding carboxylic acids is 2. The highest BCUT2D eigenvalue weighted by Crippen LogP contribution is 2.44. The lowest BCUT2D eigenvalue weighted by Gasteiger charge is -2.26. The maximum absolute atomic E-state index is 13.8. The molecule has 3 heterocycles. The molecule has 0 saturated heterocycles. The van der Waals surface area contributed by atoms with Crippen molar-refractivity contribution < 1.29 is 19.1 Å². The number of aryl methyl sites for hydroxylation is 2. The minimum Gasteiger partial charge on any atom is -0.503 e. The van der Waals surface area contributed by atoms with Crippen molar-refractivity contribution in [2.75, 3.05) is 4.90 Å². The summed E-state index contributed by atoms with van der Waals surface area (Å²) in [6.07, 6.45) is 1.48. The van der Waals surface area contributed by atoms with Gasteiger partial charge < -0.3 is 9.52 Å². The molecule has 4 aromatic rings. The second kappa shape index (κ2) is 8.18. The van der Waals surface area contributed by atoms with E-state index >= 15 is 0 Å². The molecule has 0 radical (unpaired) electrons. The molecular formula is C26H20N2O4S. The molecule has 2 aromatic carbocycles. The van der Waals surface area contributed by atoms with E-state index in [1.807, 2.05) is 55.5 Å². The third kappa shape index (κ3) is 3.47. The van der Waals surface area contributed by atoms with Crippen LogP contribution >= 0.6 is 11.3 Å². The Labute approximate surface area is 194 Å². The molecule has 5 rings (SSSR count). The number of hydrogen-bond acceptors (Lipinski definition) is 6. The SMILES string of the molecule is Cc1ccccc1N1C(=O)C(O)=C(C(=O)c2sc(-c3ccccc3)nc2C)C1c1ccco1. The number of Topliss-reactive ketones (excluding diaryl/α,β-unsaturated/α-hetero) is 1. The number of nitrogens with zero attached hydrogens (tertiary/aromatic N) is 2. The Morgan fingerprint density at radius 3 is 2.45 bits per heavy atom. The van der Waals surface area contributed by atoms with Gasteiger partial charge in [-0.05, 0) is 37.6 Å². The third-order valence-electron chi connectivity index (χ3n) is 5.66. The van der Waals surface area contributed by atoms with Crippen molar-refractivity contribution >= 4 is 28.7 Å². The number of para-hydroxylation sites is 1. The van der Waals surface area contributed by atoms with Crippen molar-refractivity contribution in [2.45, 2.75) is 19.9 Å². The first kappa shape index (κ1) is 20.9. The molecule has 0 aliphatic carbocycles. The van der Waals surface area contributed by atoms with Crippen LogP contribution in [0.2, 0.25) is 0 Å². The van der Waals surface area contributed by atoms with Gasteiger partial charge in [0.1, 0.15) is 16.8 Å². The van der Waals surface area contributed by atoms with Crippen LogP contribution in [0.3, 0.4) is 0 Å². The maximum Gasteiger partial charge on any atom is 0.294 e. The molecule has 1 unspecified atom stereocenters. The number of aliphatic hydroxyl groups excluding tert-OH is 1. The summed E-state index contributed by atoms with van der Waals surface area (Å²) in [6.45, 7) is 3.63. The highest BCUT2D eigenvalue weighted by atomic mass is 32.1. The quantitative estimate of drug-likeness (QED) is 0.384. The van der Waals surface area contributed by atoms with Crippen molar-refractivity contribution in [1.29, 1.82) is 0 Å². The highest BCUT2D eigenvalue weighted by molar-refractivity contribution is 7.17. The van der Waals surface area contributed by atoms with Crippen molar-refractivity contribution in [3.8, 4) is 10.6 Å². The molecule has 1 atom stereocenters. The predicted octanol–water partition coefficient (Wildman–Crippen LogP) is 5.80. The second-order valence-corrected chi connectivity index (χ2v) is 8.77. The number of aliphatic hydroxyl groups is 1. The molecule has 0 saturated carbocycles. The van der Waals surface area contributed by atoms with Crippen LogP contribution in [0.4, 0.5) is 5.69 Å². The van der Waals surface area contributed by atoms with Crippen LogP contribution in [0.25, 0.3) is 10.6 Å². The van der Waals surface area contributed by atoms with Crippen LogP contribution in [-0.2, 0) is 4.79 Å². The lowest BCUT2D eigenvalue weighted by Crippen LogP contribution is -2.31. The molecular weight excluding hydrogens is 436 g/mol. The molecule has 1 amide bonds. The summed E-state index contributed by atoms with van der Waals surface area (Å²) in [6, 6.07) is 19.4. The summed E-state index contributed by atoms with van der Waals surface area (Å²) in [4.78, 5) is 33.4. The lowest BCUT2D eigenvalue weighted by atomic mass is 9.99. The fourth-order valence-corrected chi connectivity index (χ4v) is 5.09. The van der Waals surface area contributed by atoms with E-state index in [0.717, 1.165) is 11.1 Å². The van der Waals surface area contributed by atoms with E-state index in [2.05, 4.69) is 4.98 Å². The average Bonchev–Trinajstić information content (AvgIpc) is 3.54. The zero-order chi connectivity index (χ0) is 23.1. The number of amides is 1. The standard InChI is InChI=1S/C26H20N2O4S/c1-15-9-6-7-12-18(15)28-21(19-13-8-14-32-19)20(23(30)26(28)31)22(29)24-16(2)27-25(33-24)17-10-4-3-5-11-17/h3-14,21,30H,1-2H3. The van der Waals surface area contributed by atoms with Gasteiger partial charge in [0, 0.05) is 11.3 Å². The first-order valence-electron chi connectivity index (χ1n) is 10.4. The molecule has 7 heteroatoms. The molecule has 0 bridgehead atoms. The number of furan rings is 1. The Balaban J connectivity index is 1.62. The predicted molar refractivity (Wildman–Crippen MR) is 126 cm³/mol. The summed E-state index contributed by atoms with van der Waals surface area (Å²) in [5.41, 5.74) is 2.87. The molecule has 1 aliphatic heterocycles. The van der Waals surface area contributed by atoms with Crippen molar-refractivity contribution in [3.63, 3.8) is 0 Å². The van der Waals surface area contributed by atoms with Crippen LogP contribution in [0.1, 0.15) is 32.7 Å². The van der Waals surface area contributed by atoms with Crippen LogP contribution in [0.5, 0.6) is 0 Å². The van der Waals surface area contributed by atoms with Crippen LogP contribution in [0, 0.1) is 13.8 Å². The number of anilines is 1. The van der Waals surface area contributed by atoms with E-state index < -0.39 is 23.5 Å². The molecule has 6 nitrogen and oxygen atoms in total.